The van der Waals surface area contributed by atoms with Crippen molar-refractivity contribution in [2.75, 3.05) is 16.8 Å². The maximum atomic E-state index is 12.7. The molecule has 0 saturated carbocycles. The number of carboxylic acids is 1. The lowest BCUT2D eigenvalue weighted by Gasteiger charge is -2.15. The minimum atomic E-state index is -4.47. The van der Waals surface area contributed by atoms with Crippen molar-refractivity contribution in [1.82, 2.24) is 4.98 Å². The summed E-state index contributed by atoms with van der Waals surface area (Å²) in [6.07, 6.45) is 9.80. The fourth-order valence-electron chi connectivity index (χ4n) is 4.20. The number of aliphatic carboxylic acids is 1. The van der Waals surface area contributed by atoms with Crippen LogP contribution in [0, 0.1) is 17.8 Å². The van der Waals surface area contributed by atoms with E-state index < -0.39 is 23.8 Å². The lowest BCUT2D eigenvalue weighted by molar-refractivity contribution is -0.138. The Balaban J connectivity index is 2.25. The van der Waals surface area contributed by atoms with Crippen LogP contribution in [0.4, 0.5) is 19.0 Å². The predicted octanol–water partition coefficient (Wildman–Crippen LogP) is 9.08. The van der Waals surface area contributed by atoms with Gasteiger partial charge in [-0.05, 0) is 49.7 Å². The van der Waals surface area contributed by atoms with Crippen LogP contribution in [-0.2, 0) is 11.0 Å². The number of nitrogens with zero attached hydrogens (tertiary/aromatic N) is 1. The molecule has 0 radical (unpaired) electrons. The van der Waals surface area contributed by atoms with Crippen molar-refractivity contribution >= 4 is 23.5 Å². The zero-order valence-electron chi connectivity index (χ0n) is 23.2. The van der Waals surface area contributed by atoms with Gasteiger partial charge in [-0.2, -0.15) is 24.9 Å². The number of rotatable bonds is 19. The summed E-state index contributed by atoms with van der Waals surface area (Å²) in [5.41, 5.74) is 0.444. The molecule has 37 heavy (non-hydrogen) atoms. The fraction of sp³-hybridized carbons (Fsp3) is 0.724. The predicted molar refractivity (Wildman–Crippen MR) is 150 cm³/mol. The summed E-state index contributed by atoms with van der Waals surface area (Å²) in [5.74, 6) is 2.41. The number of hydrogen-bond acceptors (Lipinski definition) is 4. The highest BCUT2D eigenvalue weighted by atomic mass is 32.2. The summed E-state index contributed by atoms with van der Waals surface area (Å²) < 4.78 is 38.0. The molecular weight excluding hydrogens is 497 g/mol. The number of nitrogens with one attached hydrogen (secondary N) is 1. The number of thioether (sulfide) groups is 1. The topological polar surface area (TPSA) is 62.2 Å². The molecule has 3 unspecified atom stereocenters. The lowest BCUT2D eigenvalue weighted by atomic mass is 9.91. The molecule has 3 atom stereocenters. The molecule has 1 rings (SSSR count). The maximum Gasteiger partial charge on any atom is 0.417 e. The number of aromatic nitrogens is 1. The largest absolute Gasteiger partial charge is 0.480 e. The van der Waals surface area contributed by atoms with Gasteiger partial charge >= 0.3 is 12.1 Å². The second-order valence-corrected chi connectivity index (χ2v) is 12.0. The van der Waals surface area contributed by atoms with E-state index >= 15 is 0 Å². The first-order valence-electron chi connectivity index (χ1n) is 13.6. The Morgan fingerprint density at radius 1 is 1.03 bits per heavy atom. The van der Waals surface area contributed by atoms with E-state index in [9.17, 15) is 23.1 Å². The Bertz CT molecular complexity index is 797. The molecule has 0 aliphatic rings. The molecule has 0 bridgehead atoms. The van der Waals surface area contributed by atoms with E-state index in [0.717, 1.165) is 42.7 Å². The van der Waals surface area contributed by atoms with Crippen LogP contribution in [0.5, 0.6) is 0 Å². The Kier molecular flexibility index (Phi) is 16.0. The Morgan fingerprint density at radius 3 is 2.14 bits per heavy atom. The normalized spacial score (nSPS) is 15.0. The summed E-state index contributed by atoms with van der Waals surface area (Å²) in [7, 11) is 0. The van der Waals surface area contributed by atoms with Crippen LogP contribution in [0.2, 0.25) is 0 Å². The number of anilines is 1. The van der Waals surface area contributed by atoms with Gasteiger partial charge in [-0.1, -0.05) is 84.3 Å². The van der Waals surface area contributed by atoms with E-state index in [1.165, 1.54) is 62.3 Å². The summed E-state index contributed by atoms with van der Waals surface area (Å²) >= 11 is 1.48. The summed E-state index contributed by atoms with van der Waals surface area (Å²) in [6, 6.07) is 1.12. The van der Waals surface area contributed by atoms with E-state index in [0.29, 0.717) is 11.9 Å². The number of halogens is 3. The average Bonchev–Trinajstić information content (AvgIpc) is 2.80. The van der Waals surface area contributed by atoms with Gasteiger partial charge in [0.05, 0.1) is 5.56 Å². The molecule has 0 aliphatic carbocycles. The SMILES string of the molecule is CC(=CCSCC(Nc1ccc(C(F)(F)F)cn1)C(=O)O)CCCC(C)CCCC(C)CCCC(C)C. The van der Waals surface area contributed by atoms with Crippen LogP contribution in [0.15, 0.2) is 30.0 Å². The van der Waals surface area contributed by atoms with Crippen molar-refractivity contribution in [2.45, 2.75) is 105 Å². The monoisotopic (exact) mass is 544 g/mol. The molecule has 8 heteroatoms. The van der Waals surface area contributed by atoms with Gasteiger partial charge in [0.2, 0.25) is 0 Å². The smallest absolute Gasteiger partial charge is 0.417 e. The van der Waals surface area contributed by atoms with Crippen molar-refractivity contribution in [2.24, 2.45) is 17.8 Å². The first-order chi connectivity index (χ1) is 17.4. The minimum absolute atomic E-state index is 0.113. The number of alkyl halides is 3. The van der Waals surface area contributed by atoms with E-state index in [1.807, 2.05) is 0 Å². The highest BCUT2D eigenvalue weighted by Crippen LogP contribution is 2.29. The first-order valence-corrected chi connectivity index (χ1v) is 14.8. The molecule has 1 aromatic rings. The third kappa shape index (κ3) is 16.0. The summed E-state index contributed by atoms with van der Waals surface area (Å²) in [6.45, 7) is 11.4. The number of pyridine rings is 1. The Morgan fingerprint density at radius 2 is 1.62 bits per heavy atom. The van der Waals surface area contributed by atoms with Crippen LogP contribution in [0.3, 0.4) is 0 Å². The van der Waals surface area contributed by atoms with Crippen LogP contribution < -0.4 is 5.32 Å². The molecule has 0 aromatic carbocycles. The van der Waals surface area contributed by atoms with Crippen LogP contribution in [0.1, 0.15) is 98.0 Å². The fourth-order valence-corrected chi connectivity index (χ4v) is 5.20. The van der Waals surface area contributed by atoms with E-state index in [-0.39, 0.29) is 11.6 Å². The quantitative estimate of drug-likeness (QED) is 0.134. The Labute approximate surface area is 226 Å². The molecule has 0 saturated heterocycles. The van der Waals surface area contributed by atoms with Gasteiger partial charge in [0.15, 0.2) is 0 Å². The number of carbonyl (C=O) groups is 1. The summed E-state index contributed by atoms with van der Waals surface area (Å²) in [5, 5.41) is 12.2. The standard InChI is InChI=1S/C29H47F3N2O2S/c1-21(2)9-6-10-22(3)11-7-12-23(4)13-8-14-24(5)17-18-37-20-26(28(35)36)34-27-16-15-25(19-33-27)29(30,31)32/h15-17,19,21-23,26H,6-14,18,20H2,1-5H3,(H,33,34)(H,35,36). The van der Waals surface area contributed by atoms with Gasteiger partial charge in [-0.25, -0.2) is 9.78 Å². The third-order valence-electron chi connectivity index (χ3n) is 6.69. The number of hydrogen-bond donors (Lipinski definition) is 2. The summed E-state index contributed by atoms with van der Waals surface area (Å²) in [4.78, 5) is 15.2. The molecule has 1 aromatic heterocycles. The molecule has 4 nitrogen and oxygen atoms in total. The third-order valence-corrected chi connectivity index (χ3v) is 7.66. The van der Waals surface area contributed by atoms with E-state index in [4.69, 9.17) is 0 Å². The molecule has 0 amide bonds. The van der Waals surface area contributed by atoms with Crippen molar-refractivity contribution in [3.8, 4) is 0 Å². The van der Waals surface area contributed by atoms with Crippen molar-refractivity contribution in [1.29, 1.82) is 0 Å². The van der Waals surface area contributed by atoms with Gasteiger partial charge in [0.25, 0.3) is 0 Å². The van der Waals surface area contributed by atoms with Crippen LogP contribution in [0.25, 0.3) is 0 Å². The van der Waals surface area contributed by atoms with Crippen molar-refractivity contribution < 1.29 is 23.1 Å². The van der Waals surface area contributed by atoms with Gasteiger partial charge in [0, 0.05) is 17.7 Å². The molecular formula is C29H47F3N2O2S. The van der Waals surface area contributed by atoms with Gasteiger partial charge in [0.1, 0.15) is 11.9 Å². The molecule has 0 spiro atoms. The van der Waals surface area contributed by atoms with Gasteiger partial charge in [-0.3, -0.25) is 0 Å². The molecule has 0 aliphatic heterocycles. The molecule has 0 fully saturated rings. The van der Waals surface area contributed by atoms with Crippen LogP contribution >= 0.6 is 11.8 Å². The van der Waals surface area contributed by atoms with E-state index in [1.54, 1.807) is 0 Å². The molecule has 212 valence electrons. The lowest BCUT2D eigenvalue weighted by Crippen LogP contribution is -2.32. The zero-order valence-corrected chi connectivity index (χ0v) is 24.1. The second kappa shape index (κ2) is 17.7. The second-order valence-electron chi connectivity index (χ2n) is 10.9. The molecule has 2 N–H and O–H groups in total. The molecule has 1 heterocycles. The Hall–Kier alpha value is -1.70. The zero-order chi connectivity index (χ0) is 27.8. The highest BCUT2D eigenvalue weighted by molar-refractivity contribution is 7.99. The highest BCUT2D eigenvalue weighted by Gasteiger charge is 2.30. The van der Waals surface area contributed by atoms with E-state index in [2.05, 4.69) is 51.0 Å². The number of carboxylic acid groups (broad SMARTS) is 1. The van der Waals surface area contributed by atoms with Crippen molar-refractivity contribution in [3.63, 3.8) is 0 Å². The average molecular weight is 545 g/mol. The van der Waals surface area contributed by atoms with Crippen LogP contribution in [-0.4, -0.2) is 33.6 Å². The first kappa shape index (κ1) is 33.3. The van der Waals surface area contributed by atoms with Gasteiger partial charge < -0.3 is 10.4 Å². The van der Waals surface area contributed by atoms with Crippen molar-refractivity contribution in [3.05, 3.63) is 35.5 Å². The van der Waals surface area contributed by atoms with Gasteiger partial charge in [-0.15, -0.1) is 0 Å². The maximum absolute atomic E-state index is 12.7. The minimum Gasteiger partial charge on any atom is -0.480 e. The number of allylic oxidation sites excluding steroid dienone is 1.